The van der Waals surface area contributed by atoms with Gasteiger partial charge in [0.25, 0.3) is 11.5 Å². The van der Waals surface area contributed by atoms with Crippen LogP contribution in [0.4, 0.5) is 11.4 Å². The van der Waals surface area contributed by atoms with E-state index in [0.717, 1.165) is 19.3 Å². The van der Waals surface area contributed by atoms with Gasteiger partial charge in [-0.15, -0.1) is 0 Å². The molecule has 0 aliphatic carbocycles. The predicted molar refractivity (Wildman–Crippen MR) is 110 cm³/mol. The summed E-state index contributed by atoms with van der Waals surface area (Å²) in [6, 6.07) is 10.2. The number of ether oxygens (including phenoxy) is 2. The highest BCUT2D eigenvalue weighted by molar-refractivity contribution is 6.12. The zero-order valence-electron chi connectivity index (χ0n) is 16.1. The van der Waals surface area contributed by atoms with E-state index in [1.165, 1.54) is 4.68 Å². The smallest absolute Gasteiger partial charge is 0.276 e. The molecule has 0 saturated carbocycles. The highest BCUT2D eigenvalue weighted by atomic mass is 16.7. The van der Waals surface area contributed by atoms with E-state index in [1.807, 2.05) is 0 Å². The van der Waals surface area contributed by atoms with Gasteiger partial charge in [0, 0.05) is 24.1 Å². The number of anilines is 2. The fraction of sp³-hybridized carbons (Fsp3) is 0.286. The molecular formula is C21H22N4O4. The van der Waals surface area contributed by atoms with Gasteiger partial charge in [-0.2, -0.15) is 5.10 Å². The second kappa shape index (κ2) is 7.83. The van der Waals surface area contributed by atoms with Gasteiger partial charge < -0.3 is 20.5 Å². The molecular weight excluding hydrogens is 372 g/mol. The van der Waals surface area contributed by atoms with Crippen molar-refractivity contribution < 1.29 is 14.3 Å². The van der Waals surface area contributed by atoms with Crippen molar-refractivity contribution in [3.63, 3.8) is 0 Å². The Hall–Kier alpha value is -3.55. The molecule has 1 aromatic heterocycles. The highest BCUT2D eigenvalue weighted by Crippen LogP contribution is 2.38. The summed E-state index contributed by atoms with van der Waals surface area (Å²) in [6.07, 6.45) is 2.83. The van der Waals surface area contributed by atoms with E-state index in [1.54, 1.807) is 36.4 Å². The van der Waals surface area contributed by atoms with Crippen molar-refractivity contribution in [3.05, 3.63) is 52.4 Å². The highest BCUT2D eigenvalue weighted by Gasteiger charge is 2.20. The molecule has 150 valence electrons. The molecule has 4 rings (SSSR count). The van der Waals surface area contributed by atoms with Gasteiger partial charge in [0.2, 0.25) is 6.79 Å². The van der Waals surface area contributed by atoms with Crippen LogP contribution in [-0.4, -0.2) is 22.5 Å². The minimum absolute atomic E-state index is 0.112. The van der Waals surface area contributed by atoms with E-state index >= 15 is 0 Å². The fourth-order valence-electron chi connectivity index (χ4n) is 3.31. The Morgan fingerprint density at radius 2 is 1.90 bits per heavy atom. The van der Waals surface area contributed by atoms with E-state index in [-0.39, 0.29) is 18.0 Å². The molecule has 8 heteroatoms. The van der Waals surface area contributed by atoms with Crippen LogP contribution < -0.4 is 26.1 Å². The SMILES string of the molecule is CCCCCn1nc(C(=O)Nc2cc3c(cc2N)OCO3)c2ccccc2c1=O. The van der Waals surface area contributed by atoms with Crippen LogP contribution in [-0.2, 0) is 6.54 Å². The molecule has 2 heterocycles. The van der Waals surface area contributed by atoms with E-state index in [9.17, 15) is 9.59 Å². The largest absolute Gasteiger partial charge is 0.454 e. The maximum absolute atomic E-state index is 13.1. The Morgan fingerprint density at radius 1 is 1.17 bits per heavy atom. The molecule has 8 nitrogen and oxygen atoms in total. The lowest BCUT2D eigenvalue weighted by Crippen LogP contribution is -2.28. The van der Waals surface area contributed by atoms with Crippen LogP contribution >= 0.6 is 0 Å². The third-order valence-electron chi connectivity index (χ3n) is 4.85. The summed E-state index contributed by atoms with van der Waals surface area (Å²) in [6.45, 7) is 2.66. The number of hydrogen-bond donors (Lipinski definition) is 2. The Labute approximate surface area is 167 Å². The van der Waals surface area contributed by atoms with Crippen LogP contribution in [0.1, 0.15) is 36.7 Å². The quantitative estimate of drug-likeness (QED) is 0.491. The molecule has 0 saturated heterocycles. The summed E-state index contributed by atoms with van der Waals surface area (Å²) in [5.41, 5.74) is 6.77. The van der Waals surface area contributed by atoms with Crippen LogP contribution in [0, 0.1) is 0 Å². The van der Waals surface area contributed by atoms with Gasteiger partial charge in [-0.25, -0.2) is 4.68 Å². The molecule has 0 radical (unpaired) electrons. The van der Waals surface area contributed by atoms with E-state index in [4.69, 9.17) is 15.2 Å². The first-order valence-corrected chi connectivity index (χ1v) is 9.59. The van der Waals surface area contributed by atoms with Crippen molar-refractivity contribution in [1.29, 1.82) is 0 Å². The first-order chi connectivity index (χ1) is 14.1. The van der Waals surface area contributed by atoms with Crippen molar-refractivity contribution >= 4 is 28.1 Å². The average Bonchev–Trinajstić information content (AvgIpc) is 3.17. The lowest BCUT2D eigenvalue weighted by atomic mass is 10.1. The molecule has 3 N–H and O–H groups in total. The van der Waals surface area contributed by atoms with Gasteiger partial charge in [-0.1, -0.05) is 38.0 Å². The van der Waals surface area contributed by atoms with Crippen LogP contribution in [0.25, 0.3) is 10.8 Å². The summed E-state index contributed by atoms with van der Waals surface area (Å²) in [4.78, 5) is 25.8. The maximum Gasteiger partial charge on any atom is 0.276 e. The van der Waals surface area contributed by atoms with Crippen LogP contribution in [0.5, 0.6) is 11.5 Å². The summed E-state index contributed by atoms with van der Waals surface area (Å²) >= 11 is 0. The van der Waals surface area contributed by atoms with Gasteiger partial charge >= 0.3 is 0 Å². The Bertz CT molecular complexity index is 1140. The van der Waals surface area contributed by atoms with E-state index in [2.05, 4.69) is 17.3 Å². The van der Waals surface area contributed by atoms with Crippen LogP contribution in [0.15, 0.2) is 41.2 Å². The number of nitrogens with zero attached hydrogens (tertiary/aromatic N) is 2. The van der Waals surface area contributed by atoms with E-state index in [0.29, 0.717) is 40.2 Å². The molecule has 0 spiro atoms. The number of hydrogen-bond acceptors (Lipinski definition) is 6. The number of nitrogens with one attached hydrogen (secondary N) is 1. The van der Waals surface area contributed by atoms with Gasteiger partial charge in [0.05, 0.1) is 16.8 Å². The molecule has 29 heavy (non-hydrogen) atoms. The average molecular weight is 394 g/mol. The number of carbonyl (C=O) groups excluding carboxylic acids is 1. The summed E-state index contributed by atoms with van der Waals surface area (Å²) in [5.74, 6) is 0.599. The first-order valence-electron chi connectivity index (χ1n) is 9.59. The number of nitrogen functional groups attached to an aromatic ring is 1. The number of aryl methyl sites for hydroxylation is 1. The number of rotatable bonds is 6. The van der Waals surface area contributed by atoms with Gasteiger partial charge in [-0.05, 0) is 12.5 Å². The molecule has 1 aliphatic rings. The lowest BCUT2D eigenvalue weighted by molar-refractivity contribution is 0.102. The molecule has 3 aromatic rings. The second-order valence-corrected chi connectivity index (χ2v) is 6.88. The zero-order valence-corrected chi connectivity index (χ0v) is 16.1. The third-order valence-corrected chi connectivity index (χ3v) is 4.85. The molecule has 0 atom stereocenters. The van der Waals surface area contributed by atoms with Gasteiger partial charge in [0.15, 0.2) is 17.2 Å². The summed E-state index contributed by atoms with van der Waals surface area (Å²) in [5, 5.41) is 8.11. The van der Waals surface area contributed by atoms with Crippen molar-refractivity contribution in [3.8, 4) is 11.5 Å². The maximum atomic E-state index is 13.1. The van der Waals surface area contributed by atoms with Crippen LogP contribution in [0.3, 0.4) is 0 Å². The summed E-state index contributed by atoms with van der Waals surface area (Å²) in [7, 11) is 0. The van der Waals surface area contributed by atoms with Crippen LogP contribution in [0.2, 0.25) is 0 Å². The number of nitrogens with two attached hydrogens (primary N) is 1. The number of unbranched alkanes of at least 4 members (excludes halogenated alkanes) is 2. The van der Waals surface area contributed by atoms with Gasteiger partial charge in [0.1, 0.15) is 0 Å². The standard InChI is InChI=1S/C21H22N4O4/c1-2-3-6-9-25-21(27)14-8-5-4-7-13(14)19(24-25)20(26)23-16-11-18-17(10-15(16)22)28-12-29-18/h4-5,7-8,10-11H,2-3,6,9,12,22H2,1H3,(H,23,26). The first kappa shape index (κ1) is 18.8. The molecule has 0 unspecified atom stereocenters. The van der Waals surface area contributed by atoms with Crippen molar-refractivity contribution in [2.24, 2.45) is 0 Å². The molecule has 1 amide bonds. The number of fused-ring (bicyclic) bond motifs is 2. The minimum Gasteiger partial charge on any atom is -0.454 e. The zero-order chi connectivity index (χ0) is 20.4. The Kier molecular flexibility index (Phi) is 5.07. The Balaban J connectivity index is 1.72. The van der Waals surface area contributed by atoms with E-state index < -0.39 is 5.91 Å². The summed E-state index contributed by atoms with van der Waals surface area (Å²) < 4.78 is 12.0. The minimum atomic E-state index is -0.448. The monoisotopic (exact) mass is 394 g/mol. The second-order valence-electron chi connectivity index (χ2n) is 6.88. The van der Waals surface area contributed by atoms with Crippen molar-refractivity contribution in [2.45, 2.75) is 32.7 Å². The van der Waals surface area contributed by atoms with Crippen molar-refractivity contribution in [1.82, 2.24) is 9.78 Å². The number of amides is 1. The topological polar surface area (TPSA) is 108 Å². The molecule has 0 bridgehead atoms. The van der Waals surface area contributed by atoms with Crippen molar-refractivity contribution in [2.75, 3.05) is 17.8 Å². The number of carbonyl (C=O) groups is 1. The molecule has 1 aliphatic heterocycles. The lowest BCUT2D eigenvalue weighted by Gasteiger charge is -2.12. The molecule has 2 aromatic carbocycles. The third kappa shape index (κ3) is 3.61. The number of aromatic nitrogens is 2. The molecule has 0 fully saturated rings. The van der Waals surface area contributed by atoms with Gasteiger partial charge in [-0.3, -0.25) is 9.59 Å². The fourth-order valence-corrected chi connectivity index (χ4v) is 3.31. The number of benzene rings is 2. The predicted octanol–water partition coefficient (Wildman–Crippen LogP) is 3.15. The Morgan fingerprint density at radius 3 is 2.66 bits per heavy atom. The normalized spacial score (nSPS) is 12.3.